The Kier molecular flexibility index (Phi) is 10.5. The van der Waals surface area contributed by atoms with E-state index in [1.165, 1.54) is 6.42 Å². The van der Waals surface area contributed by atoms with Crippen molar-refractivity contribution in [1.82, 2.24) is 10.6 Å². The van der Waals surface area contributed by atoms with E-state index in [0.29, 0.717) is 50.5 Å². The monoisotopic (exact) mass is 682 g/mol. The maximum absolute atomic E-state index is 13.5. The highest BCUT2D eigenvalue weighted by atomic mass is 16.5. The highest BCUT2D eigenvalue weighted by Crippen LogP contribution is 2.75. The molecule has 5 rings (SSSR count). The number of amides is 2. The Morgan fingerprint density at radius 1 is 0.816 bits per heavy atom. The molecular formula is C41H66N2O6. The Balaban J connectivity index is 1.25. The summed E-state index contributed by atoms with van der Waals surface area (Å²) in [7, 11) is 1.58. The molecule has 3 N–H and O–H groups in total. The van der Waals surface area contributed by atoms with Crippen LogP contribution in [0.1, 0.15) is 151 Å². The van der Waals surface area contributed by atoms with Gasteiger partial charge in [-0.05, 0) is 128 Å². The Hall–Kier alpha value is -2.38. The number of ether oxygens (including phenoxy) is 1. The molecule has 4 fully saturated rings. The predicted molar refractivity (Wildman–Crippen MR) is 191 cm³/mol. The molecule has 5 aliphatic carbocycles. The molecule has 8 heteroatoms. The zero-order valence-corrected chi connectivity index (χ0v) is 31.9. The third-order valence-electron chi connectivity index (χ3n) is 15.5. The number of rotatable bonds is 11. The predicted octanol–water partition coefficient (Wildman–Crippen LogP) is 7.99. The van der Waals surface area contributed by atoms with Gasteiger partial charge in [0.05, 0.1) is 12.5 Å². The van der Waals surface area contributed by atoms with Gasteiger partial charge in [0.1, 0.15) is 0 Å². The number of nitrogens with one attached hydrogen (secondary N) is 2. The summed E-state index contributed by atoms with van der Waals surface area (Å²) in [6.07, 6.45) is 15.7. The fraction of sp³-hybridized carbons (Fsp3) is 0.854. The van der Waals surface area contributed by atoms with E-state index in [0.717, 1.165) is 57.8 Å². The topological polar surface area (TPSA) is 122 Å². The minimum absolute atomic E-state index is 0.0106. The molecule has 0 aliphatic heterocycles. The first-order valence-electron chi connectivity index (χ1n) is 19.4. The number of methoxy groups -OCH3 is 1. The normalized spacial score (nSPS) is 38.7. The molecule has 0 spiro atoms. The van der Waals surface area contributed by atoms with E-state index < -0.39 is 5.97 Å². The van der Waals surface area contributed by atoms with Crippen LogP contribution >= 0.6 is 0 Å². The highest BCUT2D eigenvalue weighted by molar-refractivity contribution is 5.79. The van der Waals surface area contributed by atoms with Crippen LogP contribution in [0.3, 0.4) is 0 Å². The Bertz CT molecular complexity index is 1340. The number of carbonyl (C=O) groups excluding carboxylic acids is 3. The molecule has 0 radical (unpaired) electrons. The molecule has 8 nitrogen and oxygen atoms in total. The first-order chi connectivity index (χ1) is 22.9. The Morgan fingerprint density at radius 2 is 1.49 bits per heavy atom. The lowest BCUT2D eigenvalue weighted by Crippen LogP contribution is -2.66. The first kappa shape index (κ1) is 37.9. The number of carboxylic acid groups (broad SMARTS) is 1. The Labute approximate surface area is 295 Å². The largest absolute Gasteiger partial charge is 0.481 e. The fourth-order valence-electron chi connectivity index (χ4n) is 12.5. The second kappa shape index (κ2) is 13.6. The van der Waals surface area contributed by atoms with E-state index >= 15 is 0 Å². The fourth-order valence-corrected chi connectivity index (χ4v) is 12.5. The minimum Gasteiger partial charge on any atom is -0.481 e. The summed E-state index contributed by atoms with van der Waals surface area (Å²) < 4.78 is 5.54. The number of hydrogen-bond acceptors (Lipinski definition) is 5. The van der Waals surface area contributed by atoms with Gasteiger partial charge in [-0.2, -0.15) is 0 Å². The van der Waals surface area contributed by atoms with Crippen LogP contribution in [0.5, 0.6) is 0 Å². The highest BCUT2D eigenvalue weighted by Gasteiger charge is 2.69. The lowest BCUT2D eigenvalue weighted by molar-refractivity contribution is -0.193. The lowest BCUT2D eigenvalue weighted by atomic mass is 9.33. The van der Waals surface area contributed by atoms with Crippen molar-refractivity contribution in [1.29, 1.82) is 0 Å². The van der Waals surface area contributed by atoms with Crippen molar-refractivity contribution in [2.24, 2.45) is 50.2 Å². The van der Waals surface area contributed by atoms with E-state index in [9.17, 15) is 19.2 Å². The third kappa shape index (κ3) is 6.61. The van der Waals surface area contributed by atoms with Crippen molar-refractivity contribution in [2.45, 2.75) is 157 Å². The number of hydrogen-bond donors (Lipinski definition) is 3. The molecule has 0 aromatic heterocycles. The molecule has 49 heavy (non-hydrogen) atoms. The van der Waals surface area contributed by atoms with Gasteiger partial charge in [0, 0.05) is 31.8 Å². The van der Waals surface area contributed by atoms with E-state index in [1.807, 2.05) is 0 Å². The molecule has 2 amide bonds. The van der Waals surface area contributed by atoms with Gasteiger partial charge in [-0.25, -0.2) is 0 Å². The number of allylic oxidation sites excluding steroid dienone is 2. The molecule has 4 saturated carbocycles. The number of carbonyl (C=O) groups is 4. The number of fused-ring (bicyclic) bond motifs is 7. The van der Waals surface area contributed by atoms with E-state index in [1.54, 1.807) is 12.7 Å². The average molecular weight is 683 g/mol. The summed E-state index contributed by atoms with van der Waals surface area (Å²) >= 11 is 0. The molecule has 5 aliphatic rings. The summed E-state index contributed by atoms with van der Waals surface area (Å²) in [5.41, 5.74) is 1.75. The molecule has 0 heterocycles. The zero-order valence-electron chi connectivity index (χ0n) is 31.9. The van der Waals surface area contributed by atoms with Gasteiger partial charge in [0.25, 0.3) is 0 Å². The average Bonchev–Trinajstić information content (AvgIpc) is 3.02. The van der Waals surface area contributed by atoms with Crippen molar-refractivity contribution in [3.05, 3.63) is 11.6 Å². The Morgan fingerprint density at radius 3 is 2.16 bits per heavy atom. The number of carboxylic acids is 1. The quantitative estimate of drug-likeness (QED) is 0.115. The van der Waals surface area contributed by atoms with Gasteiger partial charge in [0.15, 0.2) is 0 Å². The van der Waals surface area contributed by atoms with E-state index in [-0.39, 0.29) is 68.7 Å². The molecule has 3 unspecified atom stereocenters. The number of esters is 1. The standard InChI is InChI=1S/C41H66N2O6/c1-36(2)21-23-41(35(48)49-8)24-22-39(6)27(28(41)26-36)15-16-30-38(5)19-18-31(37(3,4)29(38)17-20-40(30,39)7)43-33(45)13-10-9-12-32(44)42-25-11-14-34(46)47/h15,28-31H,9-14,16-26H2,1-8H3,(H,42,44)(H,43,45)(H,46,47)/t28?,29?,30?,31-,38-,39+,40+,41-/m0/s1. The van der Waals surface area contributed by atoms with Crippen LogP contribution in [0.15, 0.2) is 11.6 Å². The third-order valence-corrected chi connectivity index (χ3v) is 15.5. The summed E-state index contributed by atoms with van der Waals surface area (Å²) in [4.78, 5) is 49.4. The van der Waals surface area contributed by atoms with E-state index in [2.05, 4.69) is 65.2 Å². The van der Waals surface area contributed by atoms with Gasteiger partial charge in [-0.1, -0.05) is 60.1 Å². The van der Waals surface area contributed by atoms with Crippen LogP contribution in [-0.4, -0.2) is 48.6 Å². The van der Waals surface area contributed by atoms with Gasteiger partial charge < -0.3 is 20.5 Å². The zero-order chi connectivity index (χ0) is 36.0. The smallest absolute Gasteiger partial charge is 0.312 e. The second-order valence-electron chi connectivity index (χ2n) is 18.9. The molecular weight excluding hydrogens is 616 g/mol. The van der Waals surface area contributed by atoms with E-state index in [4.69, 9.17) is 9.84 Å². The van der Waals surface area contributed by atoms with Crippen molar-refractivity contribution in [3.63, 3.8) is 0 Å². The summed E-state index contributed by atoms with van der Waals surface area (Å²) in [6.45, 7) is 17.6. The van der Waals surface area contributed by atoms with Crippen molar-refractivity contribution in [3.8, 4) is 0 Å². The SMILES string of the molecule is COC(=O)[C@]12CCC(C)(C)CC1C1=CCC3[C@@]4(C)CC[C@H](NC(=O)CCCCC(=O)NCCCC(=O)O)C(C)(C)C4CC[C@@]3(C)[C@]1(C)CC2. The van der Waals surface area contributed by atoms with Gasteiger partial charge in [0.2, 0.25) is 11.8 Å². The van der Waals surface area contributed by atoms with Crippen LogP contribution in [0.25, 0.3) is 0 Å². The van der Waals surface area contributed by atoms with Crippen LogP contribution in [0, 0.1) is 50.2 Å². The first-order valence-corrected chi connectivity index (χ1v) is 19.4. The van der Waals surface area contributed by atoms with Crippen LogP contribution in [0.4, 0.5) is 0 Å². The van der Waals surface area contributed by atoms with Crippen LogP contribution in [0.2, 0.25) is 0 Å². The molecule has 0 saturated heterocycles. The molecule has 0 bridgehead atoms. The van der Waals surface area contributed by atoms with Crippen molar-refractivity contribution in [2.75, 3.05) is 13.7 Å². The van der Waals surface area contributed by atoms with Gasteiger partial charge in [-0.3, -0.25) is 19.2 Å². The van der Waals surface area contributed by atoms with Gasteiger partial charge in [-0.15, -0.1) is 0 Å². The maximum atomic E-state index is 13.5. The summed E-state index contributed by atoms with van der Waals surface area (Å²) in [5, 5.41) is 15.0. The molecule has 0 aromatic rings. The molecule has 0 aromatic carbocycles. The minimum atomic E-state index is -0.857. The summed E-state index contributed by atoms with van der Waals surface area (Å²) in [6, 6.07) is 0.130. The summed E-state index contributed by atoms with van der Waals surface area (Å²) in [5.74, 6) is 0.466. The lowest BCUT2D eigenvalue weighted by Gasteiger charge is -2.71. The number of aliphatic carboxylic acids is 1. The van der Waals surface area contributed by atoms with Gasteiger partial charge >= 0.3 is 11.9 Å². The molecule has 276 valence electrons. The maximum Gasteiger partial charge on any atom is 0.312 e. The number of unbranched alkanes of at least 4 members (excludes halogenated alkanes) is 1. The molecule has 8 atom stereocenters. The second-order valence-corrected chi connectivity index (χ2v) is 18.9. The van der Waals surface area contributed by atoms with Crippen LogP contribution < -0.4 is 10.6 Å². The van der Waals surface area contributed by atoms with Crippen LogP contribution in [-0.2, 0) is 23.9 Å². The van der Waals surface area contributed by atoms with Crippen molar-refractivity contribution >= 4 is 23.8 Å². The van der Waals surface area contributed by atoms with Crippen molar-refractivity contribution < 1.29 is 29.0 Å².